The summed E-state index contributed by atoms with van der Waals surface area (Å²) in [6.45, 7) is 10.3. The number of ether oxygens (including phenoxy) is 1. The second-order valence-corrected chi connectivity index (χ2v) is 5.28. The van der Waals surface area contributed by atoms with E-state index in [1.165, 1.54) is 11.1 Å². The zero-order valence-electron chi connectivity index (χ0n) is 13.3. The molecule has 3 heteroatoms. The van der Waals surface area contributed by atoms with Crippen LogP contribution in [0.2, 0.25) is 0 Å². The highest BCUT2D eigenvalue weighted by molar-refractivity contribution is 5.81. The molecule has 0 saturated carbocycles. The first-order valence-electron chi connectivity index (χ1n) is 7.56. The van der Waals surface area contributed by atoms with Crippen molar-refractivity contribution in [2.75, 3.05) is 0 Å². The maximum absolute atomic E-state index is 12.2. The summed E-state index contributed by atoms with van der Waals surface area (Å²) in [5.74, 6) is 0.749. The van der Waals surface area contributed by atoms with E-state index in [2.05, 4.69) is 26.1 Å². The zero-order chi connectivity index (χ0) is 15.1. The number of benzene rings is 1. The standard InChI is InChI=1S/C17H27NO2/c1-6-14(7-2)18-17(19)16(8-3)20-15-10-9-12(4)13(5)11-15/h9-11,14,16H,6-8H2,1-5H3,(H,18,19). The predicted molar refractivity (Wildman–Crippen MR) is 83.1 cm³/mol. The number of amides is 1. The summed E-state index contributed by atoms with van der Waals surface area (Å²) in [6, 6.07) is 6.17. The quantitative estimate of drug-likeness (QED) is 0.824. The molecule has 0 radical (unpaired) electrons. The van der Waals surface area contributed by atoms with Crippen molar-refractivity contribution < 1.29 is 9.53 Å². The first kappa shape index (κ1) is 16.5. The van der Waals surface area contributed by atoms with Gasteiger partial charge in [0.25, 0.3) is 5.91 Å². The number of rotatable bonds is 7. The molecule has 3 nitrogen and oxygen atoms in total. The summed E-state index contributed by atoms with van der Waals surface area (Å²) < 4.78 is 5.84. The monoisotopic (exact) mass is 277 g/mol. The molecule has 1 N–H and O–H groups in total. The van der Waals surface area contributed by atoms with Crippen molar-refractivity contribution in [3.05, 3.63) is 29.3 Å². The first-order valence-corrected chi connectivity index (χ1v) is 7.56. The van der Waals surface area contributed by atoms with Crippen LogP contribution in [0.4, 0.5) is 0 Å². The SMILES string of the molecule is CCC(CC)NC(=O)C(CC)Oc1ccc(C)c(C)c1. The Kier molecular flexibility index (Phi) is 6.56. The molecule has 0 fully saturated rings. The molecule has 0 spiro atoms. The molecule has 0 aliphatic heterocycles. The first-order chi connectivity index (χ1) is 9.51. The average Bonchev–Trinajstić information content (AvgIpc) is 2.45. The summed E-state index contributed by atoms with van der Waals surface area (Å²) >= 11 is 0. The maximum atomic E-state index is 12.2. The zero-order valence-corrected chi connectivity index (χ0v) is 13.3. The van der Waals surface area contributed by atoms with Crippen molar-refractivity contribution in [1.29, 1.82) is 0 Å². The van der Waals surface area contributed by atoms with Gasteiger partial charge in [0.05, 0.1) is 0 Å². The fraction of sp³-hybridized carbons (Fsp3) is 0.588. The Balaban J connectivity index is 2.70. The summed E-state index contributed by atoms with van der Waals surface area (Å²) in [4.78, 5) is 12.2. The Labute approximate surface area is 122 Å². The van der Waals surface area contributed by atoms with E-state index in [1.54, 1.807) is 0 Å². The Morgan fingerprint density at radius 2 is 1.75 bits per heavy atom. The predicted octanol–water partition coefficient (Wildman–Crippen LogP) is 3.77. The van der Waals surface area contributed by atoms with Gasteiger partial charge in [-0.1, -0.05) is 26.8 Å². The van der Waals surface area contributed by atoms with Gasteiger partial charge in [-0.3, -0.25) is 4.79 Å². The van der Waals surface area contributed by atoms with Crippen LogP contribution in [0.25, 0.3) is 0 Å². The Morgan fingerprint density at radius 3 is 2.25 bits per heavy atom. The van der Waals surface area contributed by atoms with Crippen molar-refractivity contribution >= 4 is 5.91 Å². The number of hydrogen-bond donors (Lipinski definition) is 1. The largest absolute Gasteiger partial charge is 0.481 e. The molecule has 0 heterocycles. The third kappa shape index (κ3) is 4.55. The molecule has 1 aromatic carbocycles. The lowest BCUT2D eigenvalue weighted by Gasteiger charge is -2.21. The van der Waals surface area contributed by atoms with E-state index in [0.29, 0.717) is 6.42 Å². The molecule has 112 valence electrons. The lowest BCUT2D eigenvalue weighted by molar-refractivity contribution is -0.128. The van der Waals surface area contributed by atoms with Gasteiger partial charge < -0.3 is 10.1 Å². The summed E-state index contributed by atoms with van der Waals surface area (Å²) in [5.41, 5.74) is 2.41. The van der Waals surface area contributed by atoms with Crippen molar-refractivity contribution in [2.45, 2.75) is 66.0 Å². The van der Waals surface area contributed by atoms with Crippen LogP contribution in [0.3, 0.4) is 0 Å². The van der Waals surface area contributed by atoms with Crippen molar-refractivity contribution in [3.8, 4) is 5.75 Å². The molecule has 0 saturated heterocycles. The summed E-state index contributed by atoms with van der Waals surface area (Å²) in [6.07, 6.45) is 2.14. The van der Waals surface area contributed by atoms with Crippen LogP contribution in [-0.4, -0.2) is 18.1 Å². The summed E-state index contributed by atoms with van der Waals surface area (Å²) in [5, 5.41) is 3.05. The van der Waals surface area contributed by atoms with Gasteiger partial charge in [-0.25, -0.2) is 0 Å². The van der Waals surface area contributed by atoms with Crippen molar-refractivity contribution in [1.82, 2.24) is 5.32 Å². The molecule has 20 heavy (non-hydrogen) atoms. The van der Waals surface area contributed by atoms with Gasteiger partial charge in [0, 0.05) is 6.04 Å². The number of aryl methyl sites for hydroxylation is 2. The number of carbonyl (C=O) groups is 1. The molecule has 0 aliphatic rings. The highest BCUT2D eigenvalue weighted by Crippen LogP contribution is 2.18. The van der Waals surface area contributed by atoms with E-state index < -0.39 is 6.10 Å². The van der Waals surface area contributed by atoms with Gasteiger partial charge >= 0.3 is 0 Å². The third-order valence-electron chi connectivity index (χ3n) is 3.75. The Bertz CT molecular complexity index is 439. The maximum Gasteiger partial charge on any atom is 0.261 e. The molecule has 0 aliphatic carbocycles. The molecular formula is C17H27NO2. The van der Waals surface area contributed by atoms with E-state index in [0.717, 1.165) is 18.6 Å². The minimum atomic E-state index is -0.419. The molecule has 1 atom stereocenters. The van der Waals surface area contributed by atoms with Crippen LogP contribution < -0.4 is 10.1 Å². The van der Waals surface area contributed by atoms with E-state index in [4.69, 9.17) is 4.74 Å². The average molecular weight is 277 g/mol. The highest BCUT2D eigenvalue weighted by atomic mass is 16.5. The molecule has 1 amide bonds. The fourth-order valence-electron chi connectivity index (χ4n) is 2.06. The minimum Gasteiger partial charge on any atom is -0.481 e. The lowest BCUT2D eigenvalue weighted by atomic mass is 10.1. The Hall–Kier alpha value is -1.51. The van der Waals surface area contributed by atoms with Gasteiger partial charge in [0.15, 0.2) is 6.10 Å². The highest BCUT2D eigenvalue weighted by Gasteiger charge is 2.20. The van der Waals surface area contributed by atoms with Crippen LogP contribution >= 0.6 is 0 Å². The molecule has 1 unspecified atom stereocenters. The number of hydrogen-bond acceptors (Lipinski definition) is 2. The molecule has 0 aromatic heterocycles. The van der Waals surface area contributed by atoms with Gasteiger partial charge in [-0.05, 0) is 56.4 Å². The second kappa shape index (κ2) is 7.93. The van der Waals surface area contributed by atoms with Gasteiger partial charge in [0.1, 0.15) is 5.75 Å². The molecule has 0 bridgehead atoms. The van der Waals surface area contributed by atoms with Crippen molar-refractivity contribution in [3.63, 3.8) is 0 Å². The Morgan fingerprint density at radius 1 is 1.10 bits per heavy atom. The van der Waals surface area contributed by atoms with Crippen LogP contribution in [0.15, 0.2) is 18.2 Å². The van der Waals surface area contributed by atoms with Crippen LogP contribution in [-0.2, 0) is 4.79 Å². The topological polar surface area (TPSA) is 38.3 Å². The normalized spacial score (nSPS) is 12.3. The number of nitrogens with one attached hydrogen (secondary N) is 1. The van der Waals surface area contributed by atoms with Gasteiger partial charge in [0.2, 0.25) is 0 Å². The van der Waals surface area contributed by atoms with Gasteiger partial charge in [-0.2, -0.15) is 0 Å². The molecule has 1 aromatic rings. The van der Waals surface area contributed by atoms with Crippen LogP contribution in [0, 0.1) is 13.8 Å². The second-order valence-electron chi connectivity index (χ2n) is 5.28. The lowest BCUT2D eigenvalue weighted by Crippen LogP contribution is -2.43. The minimum absolute atomic E-state index is 0.0144. The van der Waals surface area contributed by atoms with Crippen LogP contribution in [0.5, 0.6) is 5.75 Å². The van der Waals surface area contributed by atoms with E-state index in [-0.39, 0.29) is 11.9 Å². The summed E-state index contributed by atoms with van der Waals surface area (Å²) in [7, 11) is 0. The van der Waals surface area contributed by atoms with E-state index in [9.17, 15) is 4.79 Å². The molecule has 1 rings (SSSR count). The number of carbonyl (C=O) groups excluding carboxylic acids is 1. The third-order valence-corrected chi connectivity index (χ3v) is 3.75. The van der Waals surface area contributed by atoms with E-state index >= 15 is 0 Å². The smallest absolute Gasteiger partial charge is 0.261 e. The van der Waals surface area contributed by atoms with Crippen LogP contribution in [0.1, 0.15) is 51.2 Å². The fourth-order valence-corrected chi connectivity index (χ4v) is 2.06. The van der Waals surface area contributed by atoms with E-state index in [1.807, 2.05) is 32.0 Å². The van der Waals surface area contributed by atoms with Gasteiger partial charge in [-0.15, -0.1) is 0 Å². The van der Waals surface area contributed by atoms with Crippen molar-refractivity contribution in [2.24, 2.45) is 0 Å². The molecular weight excluding hydrogens is 250 g/mol.